The normalized spacial score (nSPS) is 13.1. The van der Waals surface area contributed by atoms with Crippen LogP contribution in [0, 0.1) is 5.92 Å². The zero-order valence-corrected chi connectivity index (χ0v) is 11.1. The summed E-state index contributed by atoms with van der Waals surface area (Å²) in [6.45, 7) is 8.41. The Bertz CT molecular complexity index is 204. The van der Waals surface area contributed by atoms with E-state index in [1.54, 1.807) is 0 Å². The maximum absolute atomic E-state index is 11.6. The predicted molar refractivity (Wildman–Crippen MR) is 66.1 cm³/mol. The van der Waals surface area contributed by atoms with Crippen molar-refractivity contribution in [3.05, 3.63) is 9.15 Å². The topological polar surface area (TPSA) is 17.1 Å². The molecule has 13 heavy (non-hydrogen) atoms. The van der Waals surface area contributed by atoms with Gasteiger partial charge in [-0.25, -0.2) is 0 Å². The van der Waals surface area contributed by atoms with Gasteiger partial charge in [-0.05, 0) is 41.9 Å². The maximum Gasteiger partial charge on any atom is 0.168 e. The van der Waals surface area contributed by atoms with Crippen LogP contribution in [0.25, 0.3) is 0 Å². The minimum absolute atomic E-state index is 0.314. The van der Waals surface area contributed by atoms with E-state index in [1.165, 1.54) is 5.57 Å². The van der Waals surface area contributed by atoms with Crippen LogP contribution in [-0.4, -0.2) is 5.78 Å². The molecular formula is C11H19IO. The van der Waals surface area contributed by atoms with Crippen molar-refractivity contribution in [2.45, 2.75) is 47.0 Å². The van der Waals surface area contributed by atoms with Crippen LogP contribution in [0.5, 0.6) is 0 Å². The first kappa shape index (κ1) is 13.1. The second-order valence-corrected chi connectivity index (χ2v) is 4.76. The Hall–Kier alpha value is 0.140. The summed E-state index contributed by atoms with van der Waals surface area (Å²) < 4.78 is 0.945. The van der Waals surface area contributed by atoms with Crippen molar-refractivity contribution in [2.75, 3.05) is 0 Å². The summed E-state index contributed by atoms with van der Waals surface area (Å²) in [5.74, 6) is 0.797. The summed E-state index contributed by atoms with van der Waals surface area (Å²) in [5.41, 5.74) is 1.22. The Morgan fingerprint density at radius 2 is 1.92 bits per heavy atom. The number of carbonyl (C=O) groups excluding carboxylic acids is 1. The van der Waals surface area contributed by atoms with Crippen LogP contribution in [0.1, 0.15) is 47.0 Å². The van der Waals surface area contributed by atoms with Gasteiger partial charge in [0.2, 0.25) is 0 Å². The Morgan fingerprint density at radius 3 is 2.31 bits per heavy atom. The highest BCUT2D eigenvalue weighted by molar-refractivity contribution is 14.1. The second kappa shape index (κ2) is 6.57. The third-order valence-electron chi connectivity index (χ3n) is 2.21. The number of unbranched alkanes of at least 4 members (excludes halogenated alkanes) is 1. The number of allylic oxidation sites excluding steroid dienone is 2. The van der Waals surface area contributed by atoms with Crippen molar-refractivity contribution in [1.29, 1.82) is 0 Å². The van der Waals surface area contributed by atoms with Crippen molar-refractivity contribution in [3.63, 3.8) is 0 Å². The van der Waals surface area contributed by atoms with E-state index in [-0.39, 0.29) is 0 Å². The molecule has 0 saturated carbocycles. The molecule has 0 aromatic carbocycles. The first-order valence-corrected chi connectivity index (χ1v) is 5.98. The minimum atomic E-state index is 0.314. The van der Waals surface area contributed by atoms with Gasteiger partial charge in [0.15, 0.2) is 5.78 Å². The van der Waals surface area contributed by atoms with Gasteiger partial charge in [0, 0.05) is 6.42 Å². The lowest BCUT2D eigenvalue weighted by molar-refractivity contribution is -0.114. The lowest BCUT2D eigenvalue weighted by Crippen LogP contribution is -2.02. The molecule has 0 atom stereocenters. The summed E-state index contributed by atoms with van der Waals surface area (Å²) in [7, 11) is 0. The standard InChI is InChI=1S/C11H19IO/c1-5-6-7-10(13)11(12)9(4)8(2)3/h8H,5-7H2,1-4H3/b11-9-. The second-order valence-electron chi connectivity index (χ2n) is 3.68. The van der Waals surface area contributed by atoms with Crippen LogP contribution in [0.15, 0.2) is 9.15 Å². The molecule has 0 aromatic rings. The molecule has 2 heteroatoms. The number of hydrogen-bond donors (Lipinski definition) is 0. The molecule has 0 spiro atoms. The zero-order chi connectivity index (χ0) is 10.4. The fraction of sp³-hybridized carbons (Fsp3) is 0.727. The molecule has 0 bridgehead atoms. The summed E-state index contributed by atoms with van der Waals surface area (Å²) in [6.07, 6.45) is 2.81. The Morgan fingerprint density at radius 1 is 1.38 bits per heavy atom. The molecule has 0 saturated heterocycles. The SMILES string of the molecule is CCCCC(=O)/C(I)=C(\C)C(C)C. The Balaban J connectivity index is 4.31. The first-order valence-electron chi connectivity index (χ1n) is 4.90. The van der Waals surface area contributed by atoms with Gasteiger partial charge in [0.1, 0.15) is 0 Å². The highest BCUT2D eigenvalue weighted by atomic mass is 127. The van der Waals surface area contributed by atoms with Gasteiger partial charge in [0.25, 0.3) is 0 Å². The van der Waals surface area contributed by atoms with Crippen molar-refractivity contribution in [3.8, 4) is 0 Å². The van der Waals surface area contributed by atoms with Gasteiger partial charge in [-0.15, -0.1) is 0 Å². The van der Waals surface area contributed by atoms with E-state index >= 15 is 0 Å². The Kier molecular flexibility index (Phi) is 6.64. The predicted octanol–water partition coefficient (Wildman–Crippen LogP) is 4.11. The van der Waals surface area contributed by atoms with Gasteiger partial charge in [0.05, 0.1) is 3.58 Å². The number of carbonyl (C=O) groups is 1. The molecule has 1 nitrogen and oxygen atoms in total. The third kappa shape index (κ3) is 4.79. The number of halogens is 1. The largest absolute Gasteiger partial charge is 0.294 e. The van der Waals surface area contributed by atoms with Crippen LogP contribution in [0.2, 0.25) is 0 Å². The molecule has 0 heterocycles. The van der Waals surface area contributed by atoms with E-state index in [9.17, 15) is 4.79 Å². The maximum atomic E-state index is 11.6. The number of Topliss-reactive ketones (excluding diaryl/α,β-unsaturated/α-hetero) is 1. The molecule has 0 aliphatic rings. The van der Waals surface area contributed by atoms with Crippen molar-refractivity contribution < 1.29 is 4.79 Å². The van der Waals surface area contributed by atoms with Crippen LogP contribution >= 0.6 is 22.6 Å². The zero-order valence-electron chi connectivity index (χ0n) is 8.98. The van der Waals surface area contributed by atoms with Gasteiger partial charge < -0.3 is 0 Å². The fourth-order valence-corrected chi connectivity index (χ4v) is 1.81. The molecule has 0 fully saturated rings. The van der Waals surface area contributed by atoms with E-state index in [0.717, 1.165) is 16.4 Å². The van der Waals surface area contributed by atoms with Crippen molar-refractivity contribution in [2.24, 2.45) is 5.92 Å². The quantitative estimate of drug-likeness (QED) is 0.551. The lowest BCUT2D eigenvalue weighted by atomic mass is 10.0. The highest BCUT2D eigenvalue weighted by Gasteiger charge is 2.10. The van der Waals surface area contributed by atoms with Gasteiger partial charge in [-0.3, -0.25) is 4.79 Å². The van der Waals surface area contributed by atoms with Crippen molar-refractivity contribution in [1.82, 2.24) is 0 Å². The van der Waals surface area contributed by atoms with E-state index in [2.05, 4.69) is 50.3 Å². The smallest absolute Gasteiger partial charge is 0.168 e. The molecule has 0 N–H and O–H groups in total. The molecular weight excluding hydrogens is 275 g/mol. The first-order chi connectivity index (χ1) is 6.00. The molecule has 0 aliphatic heterocycles. The van der Waals surface area contributed by atoms with Gasteiger partial charge in [-0.1, -0.05) is 32.8 Å². The van der Waals surface area contributed by atoms with E-state index in [4.69, 9.17) is 0 Å². The molecule has 76 valence electrons. The lowest BCUT2D eigenvalue weighted by Gasteiger charge is -2.08. The third-order valence-corrected chi connectivity index (χ3v) is 3.67. The fourth-order valence-electron chi connectivity index (χ4n) is 0.920. The summed E-state index contributed by atoms with van der Waals surface area (Å²) in [4.78, 5) is 11.6. The van der Waals surface area contributed by atoms with Crippen LogP contribution in [0.4, 0.5) is 0 Å². The Labute approximate surface area is 95.1 Å². The van der Waals surface area contributed by atoms with Gasteiger partial charge in [-0.2, -0.15) is 0 Å². The minimum Gasteiger partial charge on any atom is -0.294 e. The van der Waals surface area contributed by atoms with Crippen LogP contribution in [-0.2, 0) is 4.79 Å². The van der Waals surface area contributed by atoms with Gasteiger partial charge >= 0.3 is 0 Å². The van der Waals surface area contributed by atoms with Crippen molar-refractivity contribution >= 4 is 28.4 Å². The molecule has 0 radical (unpaired) electrons. The average molecular weight is 294 g/mol. The number of ketones is 1. The molecule has 0 rings (SSSR count). The molecule has 0 aliphatic carbocycles. The molecule has 0 unspecified atom stereocenters. The van der Waals surface area contributed by atoms with Crippen LogP contribution in [0.3, 0.4) is 0 Å². The summed E-state index contributed by atoms with van der Waals surface area (Å²) in [5, 5.41) is 0. The van der Waals surface area contributed by atoms with E-state index < -0.39 is 0 Å². The monoisotopic (exact) mass is 294 g/mol. The molecule has 0 aromatic heterocycles. The summed E-state index contributed by atoms with van der Waals surface area (Å²) in [6, 6.07) is 0. The van der Waals surface area contributed by atoms with E-state index in [1.807, 2.05) is 0 Å². The van der Waals surface area contributed by atoms with Crippen LogP contribution < -0.4 is 0 Å². The summed E-state index contributed by atoms with van der Waals surface area (Å²) >= 11 is 2.18. The average Bonchev–Trinajstić information content (AvgIpc) is 2.11. The molecule has 0 amide bonds. The number of hydrogen-bond acceptors (Lipinski definition) is 1. The van der Waals surface area contributed by atoms with E-state index in [0.29, 0.717) is 18.1 Å². The number of rotatable bonds is 5. The highest BCUT2D eigenvalue weighted by Crippen LogP contribution is 2.22.